The number of hydrogen-bond donors (Lipinski definition) is 1. The highest BCUT2D eigenvalue weighted by atomic mass is 79.9. The van der Waals surface area contributed by atoms with Crippen LogP contribution in [0.2, 0.25) is 0 Å². The lowest BCUT2D eigenvalue weighted by molar-refractivity contribution is -0.0328. The molecule has 0 aliphatic rings. The summed E-state index contributed by atoms with van der Waals surface area (Å²) in [5.41, 5.74) is -3.03. The molecule has 7 heteroatoms. The van der Waals surface area contributed by atoms with Gasteiger partial charge in [-0.05, 0) is 57.5 Å². The minimum atomic E-state index is -4.30. The van der Waals surface area contributed by atoms with Crippen molar-refractivity contribution >= 4 is 27.7 Å². The fraction of sp³-hybridized carbons (Fsp3) is 0.214. The van der Waals surface area contributed by atoms with E-state index in [4.69, 9.17) is 0 Å². The first kappa shape index (κ1) is 16.3. The van der Waals surface area contributed by atoms with Gasteiger partial charge in [-0.1, -0.05) is 12.1 Å². The highest BCUT2D eigenvalue weighted by molar-refractivity contribution is 9.10. The van der Waals surface area contributed by atoms with Gasteiger partial charge in [0.25, 0.3) is 0 Å². The van der Waals surface area contributed by atoms with Crippen molar-refractivity contribution in [2.75, 3.05) is 0 Å². The van der Waals surface area contributed by atoms with Gasteiger partial charge >= 0.3 is 5.51 Å². The summed E-state index contributed by atoms with van der Waals surface area (Å²) in [5, 5.41) is 10.1. The highest BCUT2D eigenvalue weighted by Crippen LogP contribution is 2.37. The number of hydrogen-bond acceptors (Lipinski definition) is 3. The van der Waals surface area contributed by atoms with Crippen molar-refractivity contribution in [3.63, 3.8) is 0 Å². The van der Waals surface area contributed by atoms with E-state index in [9.17, 15) is 18.3 Å². The summed E-state index contributed by atoms with van der Waals surface area (Å²) in [6.45, 7) is 0. The molecule has 0 saturated heterocycles. The molecule has 0 fully saturated rings. The zero-order valence-corrected chi connectivity index (χ0v) is 13.0. The Balaban J connectivity index is 2.02. The summed E-state index contributed by atoms with van der Waals surface area (Å²) in [7, 11) is 0. The van der Waals surface area contributed by atoms with Crippen LogP contribution in [0.15, 0.2) is 52.0 Å². The van der Waals surface area contributed by atoms with Crippen LogP contribution in [0, 0.1) is 0 Å². The van der Waals surface area contributed by atoms with E-state index in [1.807, 2.05) is 6.07 Å². The Morgan fingerprint density at radius 3 is 2.33 bits per heavy atom. The Hall–Kier alpha value is -1.05. The van der Waals surface area contributed by atoms with Crippen molar-refractivity contribution in [3.8, 4) is 0 Å². The number of nitrogens with zero attached hydrogens (tertiary/aromatic N) is 1. The van der Waals surface area contributed by atoms with Gasteiger partial charge in [0, 0.05) is 27.7 Å². The summed E-state index contributed by atoms with van der Waals surface area (Å²) >= 11 is 3.10. The van der Waals surface area contributed by atoms with Crippen molar-refractivity contribution < 1.29 is 18.3 Å². The average molecular weight is 378 g/mol. The maximum atomic E-state index is 12.2. The van der Waals surface area contributed by atoms with Gasteiger partial charge in [0.1, 0.15) is 0 Å². The van der Waals surface area contributed by atoms with Gasteiger partial charge in [0.05, 0.1) is 6.10 Å². The molecule has 0 radical (unpaired) electrons. The van der Waals surface area contributed by atoms with Crippen LogP contribution in [0.5, 0.6) is 0 Å². The van der Waals surface area contributed by atoms with Crippen molar-refractivity contribution in [1.29, 1.82) is 0 Å². The number of thioether (sulfide) groups is 1. The molecular formula is C14H11BrF3NOS. The van der Waals surface area contributed by atoms with Crippen LogP contribution in [0.3, 0.4) is 0 Å². The highest BCUT2D eigenvalue weighted by Gasteiger charge is 2.29. The van der Waals surface area contributed by atoms with E-state index in [-0.39, 0.29) is 16.7 Å². The minimum absolute atomic E-state index is 0.0974. The molecule has 1 N–H and O–H groups in total. The van der Waals surface area contributed by atoms with E-state index in [1.165, 1.54) is 24.3 Å². The monoisotopic (exact) mass is 377 g/mol. The molecule has 112 valence electrons. The maximum absolute atomic E-state index is 12.2. The third-order valence-electron chi connectivity index (χ3n) is 2.69. The summed E-state index contributed by atoms with van der Waals surface area (Å²) in [4.78, 5) is 4.25. The third kappa shape index (κ3) is 5.33. The summed E-state index contributed by atoms with van der Waals surface area (Å²) in [6, 6.07) is 9.30. The normalized spacial score (nSPS) is 13.2. The van der Waals surface area contributed by atoms with Gasteiger partial charge in [0.2, 0.25) is 0 Å². The Labute approximate surface area is 132 Å². The largest absolute Gasteiger partial charge is 0.446 e. The van der Waals surface area contributed by atoms with Crippen LogP contribution in [0.25, 0.3) is 0 Å². The molecule has 0 bridgehead atoms. The average Bonchev–Trinajstić information content (AvgIpc) is 2.40. The molecule has 2 nitrogen and oxygen atoms in total. The molecule has 21 heavy (non-hydrogen) atoms. The summed E-state index contributed by atoms with van der Waals surface area (Å²) in [5.74, 6) is 0. The fourth-order valence-corrected chi connectivity index (χ4v) is 2.51. The van der Waals surface area contributed by atoms with Crippen LogP contribution < -0.4 is 0 Å². The molecular weight excluding hydrogens is 367 g/mol. The first-order valence-corrected chi connectivity index (χ1v) is 7.58. The summed E-state index contributed by atoms with van der Waals surface area (Å²) in [6.07, 6.45) is 1.13. The smallest absolute Gasteiger partial charge is 0.388 e. The van der Waals surface area contributed by atoms with Crippen molar-refractivity contribution in [2.24, 2.45) is 0 Å². The van der Waals surface area contributed by atoms with Gasteiger partial charge < -0.3 is 5.11 Å². The van der Waals surface area contributed by atoms with Gasteiger partial charge in [0.15, 0.2) is 0 Å². The number of pyridine rings is 1. The number of aliphatic hydroxyl groups excluding tert-OH is 1. The van der Waals surface area contributed by atoms with Crippen molar-refractivity contribution in [2.45, 2.75) is 22.9 Å². The maximum Gasteiger partial charge on any atom is 0.446 e. The van der Waals surface area contributed by atoms with Gasteiger partial charge in [-0.15, -0.1) is 0 Å². The number of alkyl halides is 3. The Morgan fingerprint density at radius 2 is 1.81 bits per heavy atom. The lowest BCUT2D eigenvalue weighted by Crippen LogP contribution is -2.03. The van der Waals surface area contributed by atoms with E-state index >= 15 is 0 Å². The zero-order chi connectivity index (χ0) is 15.5. The van der Waals surface area contributed by atoms with Crippen LogP contribution in [-0.2, 0) is 6.42 Å². The molecule has 2 rings (SSSR count). The number of benzene rings is 1. The summed E-state index contributed by atoms with van der Waals surface area (Å²) < 4.78 is 37.5. The second-order valence-corrected chi connectivity index (χ2v) is 6.36. The lowest BCUT2D eigenvalue weighted by Gasteiger charge is -2.12. The van der Waals surface area contributed by atoms with Gasteiger partial charge in [-0.2, -0.15) is 13.2 Å². The molecule has 1 heterocycles. The quantitative estimate of drug-likeness (QED) is 0.781. The van der Waals surface area contributed by atoms with E-state index in [1.54, 1.807) is 12.3 Å². The lowest BCUT2D eigenvalue weighted by atomic mass is 10.0. The van der Waals surface area contributed by atoms with E-state index < -0.39 is 11.6 Å². The van der Waals surface area contributed by atoms with Crippen molar-refractivity contribution in [3.05, 3.63) is 58.3 Å². The van der Waals surface area contributed by atoms with Gasteiger partial charge in [-0.3, -0.25) is 4.98 Å². The Bertz CT molecular complexity index is 587. The van der Waals surface area contributed by atoms with Crippen LogP contribution in [0.4, 0.5) is 13.2 Å². The molecule has 1 aromatic carbocycles. The molecule has 1 aromatic heterocycles. The second-order valence-electron chi connectivity index (χ2n) is 4.30. The van der Waals surface area contributed by atoms with Crippen LogP contribution in [0.1, 0.15) is 17.4 Å². The molecule has 0 spiro atoms. The third-order valence-corrected chi connectivity index (χ3v) is 3.90. The predicted octanol–water partition coefficient (Wildman–Crippen LogP) is 4.73. The first-order chi connectivity index (χ1) is 9.83. The first-order valence-electron chi connectivity index (χ1n) is 5.98. The van der Waals surface area contributed by atoms with Crippen LogP contribution in [-0.4, -0.2) is 15.6 Å². The number of aromatic nitrogens is 1. The number of rotatable bonds is 4. The predicted molar refractivity (Wildman–Crippen MR) is 79.0 cm³/mol. The van der Waals surface area contributed by atoms with E-state index in [0.717, 1.165) is 4.47 Å². The molecule has 1 unspecified atom stereocenters. The van der Waals surface area contributed by atoms with E-state index in [0.29, 0.717) is 17.7 Å². The Kier molecular flexibility index (Phi) is 5.29. The molecule has 0 aliphatic carbocycles. The second kappa shape index (κ2) is 6.81. The zero-order valence-electron chi connectivity index (χ0n) is 10.6. The van der Waals surface area contributed by atoms with Crippen molar-refractivity contribution in [1.82, 2.24) is 4.98 Å². The SMILES string of the molecule is OC(Cc1ccc(Br)cn1)c1ccc(SC(F)(F)F)cc1. The van der Waals surface area contributed by atoms with Crippen LogP contribution >= 0.6 is 27.7 Å². The van der Waals surface area contributed by atoms with E-state index in [2.05, 4.69) is 20.9 Å². The molecule has 2 aromatic rings. The number of aliphatic hydroxyl groups is 1. The minimum Gasteiger partial charge on any atom is -0.388 e. The topological polar surface area (TPSA) is 33.1 Å². The molecule has 0 amide bonds. The number of halogens is 4. The van der Waals surface area contributed by atoms with Gasteiger partial charge in [-0.25, -0.2) is 0 Å². The molecule has 1 atom stereocenters. The molecule has 0 saturated carbocycles. The Morgan fingerprint density at radius 1 is 1.14 bits per heavy atom. The fourth-order valence-electron chi connectivity index (χ4n) is 1.73. The standard InChI is InChI=1S/C14H11BrF3NOS/c15-10-3-4-11(19-8-10)7-13(20)9-1-5-12(6-2-9)21-14(16,17)18/h1-6,8,13,20H,7H2. The molecule has 0 aliphatic heterocycles.